The second kappa shape index (κ2) is 9.71. The Balaban J connectivity index is 1.89. The number of Topliss-reactive ketones (excluding diaryl/α,β-unsaturated/α-hetero) is 1. The van der Waals surface area contributed by atoms with E-state index in [-0.39, 0.29) is 27.1 Å². The fourth-order valence-corrected chi connectivity index (χ4v) is 5.11. The molecule has 3 aromatic rings. The van der Waals surface area contributed by atoms with Crippen molar-refractivity contribution in [3.63, 3.8) is 0 Å². The van der Waals surface area contributed by atoms with Gasteiger partial charge in [0.2, 0.25) is 0 Å². The van der Waals surface area contributed by atoms with E-state index in [1.165, 1.54) is 36.0 Å². The summed E-state index contributed by atoms with van der Waals surface area (Å²) in [4.78, 5) is 23.5. The van der Waals surface area contributed by atoms with Crippen molar-refractivity contribution in [2.75, 3.05) is 17.1 Å². The molecule has 3 rings (SSSR count). The SMILES string of the molecule is CC(=O)SCC(=O)c1cccc(S(=O)(=O)N(C)c2ccc(-c3ccc(C)cc3)cc2C)c1. The van der Waals surface area contributed by atoms with E-state index in [0.29, 0.717) is 5.69 Å². The highest BCUT2D eigenvalue weighted by molar-refractivity contribution is 8.14. The summed E-state index contributed by atoms with van der Waals surface area (Å²) in [5.74, 6) is -0.308. The van der Waals surface area contributed by atoms with Crippen LogP contribution in [0.4, 0.5) is 5.69 Å². The van der Waals surface area contributed by atoms with Crippen molar-refractivity contribution >= 4 is 38.4 Å². The minimum absolute atomic E-state index is 0.0196. The predicted molar refractivity (Wildman–Crippen MR) is 131 cm³/mol. The van der Waals surface area contributed by atoms with Crippen molar-refractivity contribution in [2.24, 2.45) is 0 Å². The first-order chi connectivity index (χ1) is 15.1. The number of aryl methyl sites for hydroxylation is 2. The molecule has 0 radical (unpaired) electrons. The fraction of sp³-hybridized carbons (Fsp3) is 0.200. The van der Waals surface area contributed by atoms with Gasteiger partial charge < -0.3 is 0 Å². The molecule has 7 heteroatoms. The number of carbonyl (C=O) groups is 2. The lowest BCUT2D eigenvalue weighted by Gasteiger charge is -2.22. The zero-order chi connectivity index (χ0) is 23.5. The number of rotatable bonds is 7. The van der Waals surface area contributed by atoms with Gasteiger partial charge in [-0.3, -0.25) is 13.9 Å². The second-order valence-electron chi connectivity index (χ2n) is 7.57. The highest BCUT2D eigenvalue weighted by Gasteiger charge is 2.24. The number of ketones is 1. The molecule has 0 spiro atoms. The van der Waals surface area contributed by atoms with Crippen molar-refractivity contribution in [1.82, 2.24) is 0 Å². The van der Waals surface area contributed by atoms with Gasteiger partial charge in [-0.2, -0.15) is 0 Å². The van der Waals surface area contributed by atoms with Gasteiger partial charge >= 0.3 is 0 Å². The standard InChI is InChI=1S/C25H25NO4S2/c1-17-8-10-20(11-9-17)21-12-13-24(18(2)14-21)26(4)32(29,30)23-7-5-6-22(15-23)25(28)16-31-19(3)27/h5-15H,16H2,1-4H3. The van der Waals surface area contributed by atoms with Crippen LogP contribution in [0.5, 0.6) is 0 Å². The lowest BCUT2D eigenvalue weighted by Crippen LogP contribution is -2.27. The smallest absolute Gasteiger partial charge is 0.264 e. The quantitative estimate of drug-likeness (QED) is 0.443. The number of anilines is 1. The second-order valence-corrected chi connectivity index (χ2v) is 10.7. The molecule has 0 atom stereocenters. The highest BCUT2D eigenvalue weighted by atomic mass is 32.2. The zero-order valence-corrected chi connectivity index (χ0v) is 20.1. The van der Waals surface area contributed by atoms with E-state index in [1.807, 2.05) is 50.2 Å². The molecule has 0 fully saturated rings. The van der Waals surface area contributed by atoms with Gasteiger partial charge in [0.25, 0.3) is 10.0 Å². The summed E-state index contributed by atoms with van der Waals surface area (Å²) in [7, 11) is -2.37. The molecule has 0 bridgehead atoms. The van der Waals surface area contributed by atoms with Crippen LogP contribution in [0.3, 0.4) is 0 Å². The summed E-state index contributed by atoms with van der Waals surface area (Å²) in [5, 5.41) is -0.161. The molecule has 0 aromatic heterocycles. The summed E-state index contributed by atoms with van der Waals surface area (Å²) >= 11 is 0.905. The summed E-state index contributed by atoms with van der Waals surface area (Å²) in [6.07, 6.45) is 0. The van der Waals surface area contributed by atoms with E-state index in [2.05, 4.69) is 0 Å². The lowest BCUT2D eigenvalue weighted by atomic mass is 10.0. The first-order valence-corrected chi connectivity index (χ1v) is 12.5. The predicted octanol–water partition coefficient (Wildman–Crippen LogP) is 5.26. The van der Waals surface area contributed by atoms with Crippen LogP contribution in [0.15, 0.2) is 71.6 Å². The van der Waals surface area contributed by atoms with Crippen LogP contribution in [0.2, 0.25) is 0 Å². The highest BCUT2D eigenvalue weighted by Crippen LogP contribution is 2.30. The minimum Gasteiger partial charge on any atom is -0.293 e. The van der Waals surface area contributed by atoms with Crippen LogP contribution in [0, 0.1) is 13.8 Å². The van der Waals surface area contributed by atoms with Crippen molar-refractivity contribution in [3.8, 4) is 11.1 Å². The molecule has 0 amide bonds. The molecule has 0 unspecified atom stereocenters. The molecule has 0 saturated carbocycles. The fourth-order valence-electron chi connectivity index (χ4n) is 3.30. The minimum atomic E-state index is -3.88. The van der Waals surface area contributed by atoms with Gasteiger partial charge in [0.15, 0.2) is 10.9 Å². The molecule has 0 saturated heterocycles. The normalized spacial score (nSPS) is 11.2. The summed E-state index contributed by atoms with van der Waals surface area (Å²) in [6, 6.07) is 19.7. The third-order valence-corrected chi connectivity index (χ3v) is 7.72. The number of hydrogen-bond acceptors (Lipinski definition) is 5. The van der Waals surface area contributed by atoms with Crippen molar-refractivity contribution in [1.29, 1.82) is 0 Å². The molecule has 0 aliphatic heterocycles. The van der Waals surface area contributed by atoms with E-state index >= 15 is 0 Å². The molecule has 0 aliphatic rings. The van der Waals surface area contributed by atoms with Crippen LogP contribution in [0.1, 0.15) is 28.4 Å². The van der Waals surface area contributed by atoms with Crippen LogP contribution in [-0.4, -0.2) is 32.1 Å². The molecule has 3 aromatic carbocycles. The van der Waals surface area contributed by atoms with Crippen LogP contribution in [0.25, 0.3) is 11.1 Å². The summed E-state index contributed by atoms with van der Waals surface area (Å²) in [5.41, 5.74) is 4.88. The summed E-state index contributed by atoms with van der Waals surface area (Å²) in [6.45, 7) is 5.29. The molecular formula is C25H25NO4S2. The largest absolute Gasteiger partial charge is 0.293 e. The molecule has 0 aliphatic carbocycles. The number of sulfonamides is 1. The average molecular weight is 468 g/mol. The molecule has 0 heterocycles. The van der Waals surface area contributed by atoms with Crippen molar-refractivity contribution < 1.29 is 18.0 Å². The van der Waals surface area contributed by atoms with Crippen molar-refractivity contribution in [3.05, 3.63) is 83.4 Å². The van der Waals surface area contributed by atoms with Gasteiger partial charge in [0.05, 0.1) is 16.3 Å². The van der Waals surface area contributed by atoms with Gasteiger partial charge in [-0.15, -0.1) is 0 Å². The third kappa shape index (κ3) is 5.29. The van der Waals surface area contributed by atoms with Gasteiger partial charge in [0.1, 0.15) is 0 Å². The maximum Gasteiger partial charge on any atom is 0.264 e. The van der Waals surface area contributed by atoms with Gasteiger partial charge in [-0.05, 0) is 54.8 Å². The Morgan fingerprint density at radius 3 is 2.19 bits per heavy atom. The van der Waals surface area contributed by atoms with Gasteiger partial charge in [-0.1, -0.05) is 59.8 Å². The maximum absolute atomic E-state index is 13.3. The number of carbonyl (C=O) groups excluding carboxylic acids is 2. The van der Waals surface area contributed by atoms with E-state index in [4.69, 9.17) is 0 Å². The molecule has 166 valence electrons. The number of hydrogen-bond donors (Lipinski definition) is 0. The Bertz CT molecular complexity index is 1270. The van der Waals surface area contributed by atoms with E-state index in [9.17, 15) is 18.0 Å². The molecule has 0 N–H and O–H groups in total. The first-order valence-electron chi connectivity index (χ1n) is 10.0. The average Bonchev–Trinajstić information content (AvgIpc) is 2.77. The number of thioether (sulfide) groups is 1. The Labute approximate surface area is 193 Å². The molecule has 32 heavy (non-hydrogen) atoms. The van der Waals surface area contributed by atoms with Crippen LogP contribution >= 0.6 is 11.8 Å². The zero-order valence-electron chi connectivity index (χ0n) is 18.5. The molecular weight excluding hydrogens is 442 g/mol. The maximum atomic E-state index is 13.3. The first kappa shape index (κ1) is 23.8. The summed E-state index contributed by atoms with van der Waals surface area (Å²) < 4.78 is 27.8. The lowest BCUT2D eigenvalue weighted by molar-refractivity contribution is -0.109. The Kier molecular flexibility index (Phi) is 7.21. The monoisotopic (exact) mass is 467 g/mol. The van der Waals surface area contributed by atoms with Gasteiger partial charge in [0, 0.05) is 19.5 Å². The topological polar surface area (TPSA) is 71.5 Å². The number of nitrogens with zero attached hydrogens (tertiary/aromatic N) is 1. The third-order valence-electron chi connectivity index (χ3n) is 5.14. The van der Waals surface area contributed by atoms with Crippen LogP contribution in [-0.2, 0) is 14.8 Å². The Morgan fingerprint density at radius 1 is 0.906 bits per heavy atom. The Hall–Kier alpha value is -2.90. The van der Waals surface area contributed by atoms with Crippen LogP contribution < -0.4 is 4.31 Å². The van der Waals surface area contributed by atoms with Crippen molar-refractivity contribution in [2.45, 2.75) is 25.7 Å². The van der Waals surface area contributed by atoms with E-state index < -0.39 is 10.0 Å². The molecule has 5 nitrogen and oxygen atoms in total. The van der Waals surface area contributed by atoms with E-state index in [1.54, 1.807) is 18.2 Å². The number of benzene rings is 3. The Morgan fingerprint density at radius 2 is 1.56 bits per heavy atom. The van der Waals surface area contributed by atoms with E-state index in [0.717, 1.165) is 28.5 Å². The van der Waals surface area contributed by atoms with Gasteiger partial charge in [-0.25, -0.2) is 8.42 Å².